The molecule has 0 fully saturated rings. The second-order valence-electron chi connectivity index (χ2n) is 7.73. The third-order valence-corrected chi connectivity index (χ3v) is 6.05. The van der Waals surface area contributed by atoms with Gasteiger partial charge in [-0.3, -0.25) is 14.0 Å². The van der Waals surface area contributed by atoms with Gasteiger partial charge in [-0.2, -0.15) is 0 Å². The van der Waals surface area contributed by atoms with Crippen LogP contribution in [0.5, 0.6) is 0 Å². The van der Waals surface area contributed by atoms with Crippen molar-refractivity contribution < 1.29 is 14.0 Å². The SMILES string of the molecule is CCCCc1ccc(NC(=O)CSc2nnc3ccc(C(=O)Nc4cccc(F)c4)cn23)cc1. The fourth-order valence-corrected chi connectivity index (χ4v) is 4.05. The molecule has 34 heavy (non-hydrogen) atoms. The lowest BCUT2D eigenvalue weighted by molar-refractivity contribution is -0.113. The number of amides is 2. The molecule has 7 nitrogen and oxygen atoms in total. The van der Waals surface area contributed by atoms with Gasteiger partial charge < -0.3 is 10.6 Å². The van der Waals surface area contributed by atoms with Crippen LogP contribution in [0, 0.1) is 5.82 Å². The zero-order valence-electron chi connectivity index (χ0n) is 18.6. The Hall–Kier alpha value is -3.72. The summed E-state index contributed by atoms with van der Waals surface area (Å²) in [4.78, 5) is 25.0. The Kier molecular flexibility index (Phi) is 7.54. The van der Waals surface area contributed by atoms with Crippen LogP contribution in [0.15, 0.2) is 72.0 Å². The molecule has 0 radical (unpaired) electrons. The van der Waals surface area contributed by atoms with Crippen LogP contribution in [0.4, 0.5) is 15.8 Å². The number of thioether (sulfide) groups is 1. The zero-order valence-corrected chi connectivity index (χ0v) is 19.4. The van der Waals surface area contributed by atoms with Crippen LogP contribution in [0.3, 0.4) is 0 Å². The molecule has 0 aliphatic rings. The lowest BCUT2D eigenvalue weighted by Crippen LogP contribution is -2.14. The van der Waals surface area contributed by atoms with Crippen molar-refractivity contribution in [2.75, 3.05) is 16.4 Å². The van der Waals surface area contributed by atoms with Crippen LogP contribution in [0.2, 0.25) is 0 Å². The summed E-state index contributed by atoms with van der Waals surface area (Å²) >= 11 is 1.22. The number of carbonyl (C=O) groups excluding carboxylic acids is 2. The molecule has 2 heterocycles. The number of fused-ring (bicyclic) bond motifs is 1. The third-order valence-electron chi connectivity index (χ3n) is 5.10. The van der Waals surface area contributed by atoms with E-state index in [0.717, 1.165) is 24.9 Å². The molecular formula is C25H24FN5O2S. The minimum absolute atomic E-state index is 0.137. The summed E-state index contributed by atoms with van der Waals surface area (Å²) in [6, 6.07) is 16.8. The first kappa shape index (κ1) is 23.4. The average molecular weight is 478 g/mol. The normalized spacial score (nSPS) is 10.9. The predicted octanol–water partition coefficient (Wildman–Crippen LogP) is 5.19. The molecule has 0 spiro atoms. The lowest BCUT2D eigenvalue weighted by Gasteiger charge is -2.07. The van der Waals surface area contributed by atoms with E-state index in [1.807, 2.05) is 24.3 Å². The Morgan fingerprint density at radius 2 is 1.82 bits per heavy atom. The quantitative estimate of drug-likeness (QED) is 0.324. The lowest BCUT2D eigenvalue weighted by atomic mass is 10.1. The summed E-state index contributed by atoms with van der Waals surface area (Å²) in [5, 5.41) is 14.3. The van der Waals surface area contributed by atoms with E-state index in [2.05, 4.69) is 27.8 Å². The van der Waals surface area contributed by atoms with Gasteiger partial charge in [0.05, 0.1) is 11.3 Å². The number of pyridine rings is 1. The number of rotatable bonds is 9. The summed E-state index contributed by atoms with van der Waals surface area (Å²) < 4.78 is 15.0. The predicted molar refractivity (Wildman–Crippen MR) is 132 cm³/mol. The summed E-state index contributed by atoms with van der Waals surface area (Å²) in [5.74, 6) is -0.852. The number of nitrogens with one attached hydrogen (secondary N) is 2. The summed E-state index contributed by atoms with van der Waals surface area (Å²) in [6.45, 7) is 2.16. The highest BCUT2D eigenvalue weighted by Crippen LogP contribution is 2.19. The van der Waals surface area contributed by atoms with Gasteiger partial charge in [-0.25, -0.2) is 4.39 Å². The minimum Gasteiger partial charge on any atom is -0.325 e. The van der Waals surface area contributed by atoms with Gasteiger partial charge in [0.1, 0.15) is 5.82 Å². The molecule has 0 aliphatic carbocycles. The monoisotopic (exact) mass is 477 g/mol. The van der Waals surface area contributed by atoms with Gasteiger partial charge in [0.25, 0.3) is 5.91 Å². The second kappa shape index (κ2) is 10.9. The van der Waals surface area contributed by atoms with Crippen molar-refractivity contribution in [3.05, 3.63) is 83.8 Å². The van der Waals surface area contributed by atoms with E-state index in [9.17, 15) is 14.0 Å². The molecule has 4 aromatic rings. The maximum absolute atomic E-state index is 13.4. The van der Waals surface area contributed by atoms with Crippen molar-refractivity contribution in [2.24, 2.45) is 0 Å². The Morgan fingerprint density at radius 3 is 2.59 bits per heavy atom. The van der Waals surface area contributed by atoms with Gasteiger partial charge in [-0.15, -0.1) is 10.2 Å². The van der Waals surface area contributed by atoms with Gasteiger partial charge in [-0.1, -0.05) is 43.3 Å². The van der Waals surface area contributed by atoms with Crippen LogP contribution < -0.4 is 10.6 Å². The number of hydrogen-bond donors (Lipinski definition) is 2. The Balaban J connectivity index is 1.38. The van der Waals surface area contributed by atoms with Crippen molar-refractivity contribution in [3.8, 4) is 0 Å². The Labute approximate surface area is 200 Å². The summed E-state index contributed by atoms with van der Waals surface area (Å²) in [7, 11) is 0. The van der Waals surface area contributed by atoms with Gasteiger partial charge in [0.15, 0.2) is 10.8 Å². The van der Waals surface area contributed by atoms with Crippen molar-refractivity contribution in [2.45, 2.75) is 31.3 Å². The maximum Gasteiger partial charge on any atom is 0.257 e. The number of unbranched alkanes of at least 4 members (excludes halogenated alkanes) is 1. The highest BCUT2D eigenvalue weighted by molar-refractivity contribution is 7.99. The highest BCUT2D eigenvalue weighted by atomic mass is 32.2. The minimum atomic E-state index is -0.434. The number of halogens is 1. The molecule has 0 atom stereocenters. The second-order valence-corrected chi connectivity index (χ2v) is 8.67. The molecule has 9 heteroatoms. The van der Waals surface area contributed by atoms with Crippen LogP contribution in [0.1, 0.15) is 35.7 Å². The molecule has 0 unspecified atom stereocenters. The van der Waals surface area contributed by atoms with Gasteiger partial charge in [0, 0.05) is 17.6 Å². The van der Waals surface area contributed by atoms with E-state index in [4.69, 9.17) is 0 Å². The van der Waals surface area contributed by atoms with E-state index in [-0.39, 0.29) is 11.7 Å². The highest BCUT2D eigenvalue weighted by Gasteiger charge is 2.13. The van der Waals surface area contributed by atoms with Crippen LogP contribution >= 0.6 is 11.8 Å². The number of anilines is 2. The third kappa shape index (κ3) is 5.99. The molecule has 0 aliphatic heterocycles. The molecule has 0 bridgehead atoms. The molecule has 2 aromatic heterocycles. The van der Waals surface area contributed by atoms with Gasteiger partial charge >= 0.3 is 0 Å². The topological polar surface area (TPSA) is 88.4 Å². The van der Waals surface area contributed by atoms with Crippen molar-refractivity contribution >= 4 is 40.6 Å². The Bertz CT molecular complexity index is 1310. The van der Waals surface area contributed by atoms with Gasteiger partial charge in [-0.05, 0) is 60.9 Å². The number of nitrogens with zero attached hydrogens (tertiary/aromatic N) is 3. The van der Waals surface area contributed by atoms with E-state index in [0.29, 0.717) is 22.1 Å². The summed E-state index contributed by atoms with van der Waals surface area (Å²) in [5.41, 5.74) is 3.26. The van der Waals surface area contributed by atoms with Crippen LogP contribution in [0.25, 0.3) is 5.65 Å². The number of hydrogen-bond acceptors (Lipinski definition) is 5. The van der Waals surface area contributed by atoms with E-state index >= 15 is 0 Å². The number of aryl methyl sites for hydroxylation is 1. The van der Waals surface area contributed by atoms with E-state index in [1.165, 1.54) is 35.5 Å². The molecule has 2 aromatic carbocycles. The molecule has 0 saturated heterocycles. The number of carbonyl (C=O) groups is 2. The van der Waals surface area contributed by atoms with Crippen molar-refractivity contribution in [1.29, 1.82) is 0 Å². The number of benzene rings is 2. The van der Waals surface area contributed by atoms with E-state index < -0.39 is 11.7 Å². The fourth-order valence-electron chi connectivity index (χ4n) is 3.33. The molecule has 2 N–H and O–H groups in total. The molecule has 174 valence electrons. The molecule has 2 amide bonds. The largest absolute Gasteiger partial charge is 0.325 e. The maximum atomic E-state index is 13.4. The zero-order chi connectivity index (χ0) is 23.9. The fraction of sp³-hybridized carbons (Fsp3) is 0.200. The smallest absolute Gasteiger partial charge is 0.257 e. The van der Waals surface area contributed by atoms with E-state index in [1.54, 1.807) is 28.8 Å². The first-order valence-electron chi connectivity index (χ1n) is 10.9. The molecule has 0 saturated carbocycles. The van der Waals surface area contributed by atoms with Crippen LogP contribution in [-0.2, 0) is 11.2 Å². The van der Waals surface area contributed by atoms with Gasteiger partial charge in [0.2, 0.25) is 5.91 Å². The molecule has 4 rings (SSSR count). The first-order valence-corrected chi connectivity index (χ1v) is 11.9. The molecular weight excluding hydrogens is 453 g/mol. The van der Waals surface area contributed by atoms with Crippen molar-refractivity contribution in [1.82, 2.24) is 14.6 Å². The van der Waals surface area contributed by atoms with Crippen molar-refractivity contribution in [3.63, 3.8) is 0 Å². The average Bonchev–Trinajstić information content (AvgIpc) is 3.24. The summed E-state index contributed by atoms with van der Waals surface area (Å²) in [6.07, 6.45) is 4.91. The Morgan fingerprint density at radius 1 is 1.00 bits per heavy atom. The van der Waals surface area contributed by atoms with Crippen LogP contribution in [-0.4, -0.2) is 32.2 Å². The number of aromatic nitrogens is 3. The standard InChI is InChI=1S/C25H24FN5O2S/c1-2-3-5-17-8-11-20(12-9-17)27-23(32)16-34-25-30-29-22-13-10-18(15-31(22)25)24(33)28-21-7-4-6-19(26)14-21/h4,6-15H,2-3,5,16H2,1H3,(H,27,32)(H,28,33). The first-order chi connectivity index (χ1) is 16.5.